The molecule has 0 aliphatic carbocycles. The van der Waals surface area contributed by atoms with Crippen molar-refractivity contribution in [3.63, 3.8) is 0 Å². The van der Waals surface area contributed by atoms with Gasteiger partial charge < -0.3 is 20.5 Å². The van der Waals surface area contributed by atoms with Gasteiger partial charge in [-0.15, -0.1) is 0 Å². The maximum Gasteiger partial charge on any atom is 0.315 e. The van der Waals surface area contributed by atoms with E-state index in [-0.39, 0.29) is 42.2 Å². The van der Waals surface area contributed by atoms with E-state index >= 15 is 0 Å². The number of hydrogen-bond donors (Lipinski definition) is 2. The summed E-state index contributed by atoms with van der Waals surface area (Å²) in [6.45, 7) is 4.95. The van der Waals surface area contributed by atoms with Crippen molar-refractivity contribution in [1.82, 2.24) is 24.9 Å². The highest BCUT2D eigenvalue weighted by Gasteiger charge is 2.31. The molecule has 0 fully saturated rings. The lowest BCUT2D eigenvalue weighted by Gasteiger charge is -2.22. The standard InChI is InChI=1S/C28H28F3N7O3/c1-15-13-17(14-19(34-15)23(30)31)21-22(16-5-7-18(29)8-6-16)36-26(32)37-24(21)41-12-11-38(4)27-33-10-9-20(35-27)28(2,3)25(39)40/h5-10,13-14,23H,11-12H2,1-4H3,(H,39,40)(H2,32,36,37). The van der Waals surface area contributed by atoms with Gasteiger partial charge in [0.2, 0.25) is 17.8 Å². The van der Waals surface area contributed by atoms with Gasteiger partial charge in [0.05, 0.1) is 23.5 Å². The molecule has 0 atom stereocenters. The van der Waals surface area contributed by atoms with Crippen molar-refractivity contribution in [1.29, 1.82) is 0 Å². The Balaban J connectivity index is 1.69. The van der Waals surface area contributed by atoms with Crippen molar-refractivity contribution in [3.8, 4) is 28.3 Å². The molecule has 3 N–H and O–H groups in total. The molecule has 3 aromatic heterocycles. The Kier molecular flexibility index (Phi) is 8.36. The molecular formula is C28H28F3N7O3. The zero-order valence-corrected chi connectivity index (χ0v) is 22.8. The van der Waals surface area contributed by atoms with Crippen LogP contribution < -0.4 is 15.4 Å². The van der Waals surface area contributed by atoms with Crippen LogP contribution in [0.3, 0.4) is 0 Å². The molecule has 0 bridgehead atoms. The minimum absolute atomic E-state index is 0.0257. The fourth-order valence-electron chi connectivity index (χ4n) is 3.96. The van der Waals surface area contributed by atoms with Crippen LogP contribution >= 0.6 is 0 Å². The minimum atomic E-state index is -2.82. The Morgan fingerprint density at radius 3 is 2.44 bits per heavy atom. The van der Waals surface area contributed by atoms with Crippen LogP contribution in [0, 0.1) is 12.7 Å². The Morgan fingerprint density at radius 2 is 1.78 bits per heavy atom. The summed E-state index contributed by atoms with van der Waals surface area (Å²) in [4.78, 5) is 34.4. The van der Waals surface area contributed by atoms with E-state index in [1.807, 2.05) is 0 Å². The molecule has 0 spiro atoms. The summed E-state index contributed by atoms with van der Waals surface area (Å²) in [5.74, 6) is -1.32. The number of anilines is 2. The average molecular weight is 568 g/mol. The predicted octanol–water partition coefficient (Wildman–Crippen LogP) is 4.84. The summed E-state index contributed by atoms with van der Waals surface area (Å²) in [7, 11) is 1.70. The number of aryl methyl sites for hydroxylation is 1. The number of aromatic nitrogens is 5. The third-order valence-electron chi connectivity index (χ3n) is 6.32. The number of rotatable bonds is 10. The lowest BCUT2D eigenvalue weighted by atomic mass is 9.89. The first kappa shape index (κ1) is 29.2. The van der Waals surface area contributed by atoms with Gasteiger partial charge in [-0.05, 0) is 68.8 Å². The number of pyridine rings is 1. The van der Waals surface area contributed by atoms with Crippen LogP contribution in [-0.2, 0) is 10.2 Å². The molecule has 41 heavy (non-hydrogen) atoms. The van der Waals surface area contributed by atoms with Crippen LogP contribution in [-0.4, -0.2) is 56.2 Å². The van der Waals surface area contributed by atoms with E-state index in [0.29, 0.717) is 22.5 Å². The molecule has 13 heteroatoms. The predicted molar refractivity (Wildman–Crippen MR) is 146 cm³/mol. The third kappa shape index (κ3) is 6.51. The maximum absolute atomic E-state index is 13.7. The number of ether oxygens (including phenoxy) is 1. The number of carboxylic acids is 1. The van der Waals surface area contributed by atoms with Gasteiger partial charge in [0.15, 0.2) is 0 Å². The van der Waals surface area contributed by atoms with Crippen LogP contribution in [0.15, 0.2) is 48.7 Å². The summed E-state index contributed by atoms with van der Waals surface area (Å²) in [5, 5.41) is 9.54. The fraction of sp³-hybridized carbons (Fsp3) is 0.286. The van der Waals surface area contributed by atoms with Crippen molar-refractivity contribution < 1.29 is 27.8 Å². The smallest absolute Gasteiger partial charge is 0.315 e. The van der Waals surface area contributed by atoms with Gasteiger partial charge in [-0.1, -0.05) is 0 Å². The van der Waals surface area contributed by atoms with Gasteiger partial charge in [-0.3, -0.25) is 9.78 Å². The van der Waals surface area contributed by atoms with Crippen molar-refractivity contribution in [2.75, 3.05) is 30.8 Å². The highest BCUT2D eigenvalue weighted by molar-refractivity contribution is 5.85. The Labute approximate surface area is 234 Å². The number of carboxylic acid groups (broad SMARTS) is 1. The first-order valence-electron chi connectivity index (χ1n) is 12.5. The summed E-state index contributed by atoms with van der Waals surface area (Å²) in [6.07, 6.45) is -1.35. The van der Waals surface area contributed by atoms with Gasteiger partial charge in [-0.25, -0.2) is 28.1 Å². The molecule has 1 aromatic carbocycles. The zero-order valence-electron chi connectivity index (χ0n) is 22.8. The van der Waals surface area contributed by atoms with Gasteiger partial charge in [0.25, 0.3) is 6.43 Å². The Hall–Kier alpha value is -4.81. The lowest BCUT2D eigenvalue weighted by molar-refractivity contribution is -0.142. The summed E-state index contributed by atoms with van der Waals surface area (Å²) < 4.78 is 47.0. The van der Waals surface area contributed by atoms with Crippen LogP contribution in [0.25, 0.3) is 22.4 Å². The highest BCUT2D eigenvalue weighted by atomic mass is 19.3. The first-order valence-corrected chi connectivity index (χ1v) is 12.5. The molecule has 4 rings (SSSR count). The number of benzene rings is 1. The molecule has 10 nitrogen and oxygen atoms in total. The summed E-state index contributed by atoms with van der Waals surface area (Å²) in [5.41, 5.74) is 6.35. The SMILES string of the molecule is Cc1cc(-c2c(OCCN(C)c3nccc(C(C)(C)C(=O)O)n3)nc(N)nc2-c2ccc(F)cc2)cc(C(F)F)n1. The number of nitrogen functional groups attached to an aromatic ring is 1. The Morgan fingerprint density at radius 1 is 1.07 bits per heavy atom. The minimum Gasteiger partial charge on any atom is -0.481 e. The monoisotopic (exact) mass is 567 g/mol. The van der Waals surface area contributed by atoms with Crippen molar-refractivity contribution >= 4 is 17.9 Å². The molecular weight excluding hydrogens is 539 g/mol. The fourth-order valence-corrected chi connectivity index (χ4v) is 3.96. The second-order valence-electron chi connectivity index (χ2n) is 9.78. The second kappa shape index (κ2) is 11.7. The molecule has 0 unspecified atom stereocenters. The normalized spacial score (nSPS) is 11.5. The quantitative estimate of drug-likeness (QED) is 0.273. The van der Waals surface area contributed by atoms with Gasteiger partial charge in [0, 0.05) is 24.5 Å². The van der Waals surface area contributed by atoms with Crippen molar-refractivity contribution in [2.45, 2.75) is 32.6 Å². The van der Waals surface area contributed by atoms with E-state index in [9.17, 15) is 23.1 Å². The number of aliphatic carboxylic acids is 1. The van der Waals surface area contributed by atoms with E-state index in [1.54, 1.807) is 44.9 Å². The summed E-state index contributed by atoms with van der Waals surface area (Å²) in [6, 6.07) is 9.83. The zero-order chi connectivity index (χ0) is 29.9. The maximum atomic E-state index is 13.7. The molecule has 0 saturated heterocycles. The van der Waals surface area contributed by atoms with E-state index in [2.05, 4.69) is 24.9 Å². The molecule has 0 aliphatic heterocycles. The molecule has 0 radical (unpaired) electrons. The third-order valence-corrected chi connectivity index (χ3v) is 6.32. The first-order chi connectivity index (χ1) is 19.4. The number of halogens is 3. The van der Waals surface area contributed by atoms with Gasteiger partial charge in [-0.2, -0.15) is 4.98 Å². The number of nitrogens with two attached hydrogens (primary N) is 1. The Bertz CT molecular complexity index is 1570. The second-order valence-corrected chi connectivity index (χ2v) is 9.78. The number of hydrogen-bond acceptors (Lipinski definition) is 9. The van der Waals surface area contributed by atoms with Crippen molar-refractivity contribution in [2.24, 2.45) is 0 Å². The highest BCUT2D eigenvalue weighted by Crippen LogP contribution is 2.39. The average Bonchev–Trinajstić information content (AvgIpc) is 2.92. The van der Waals surface area contributed by atoms with Gasteiger partial charge in [0.1, 0.15) is 23.5 Å². The summed E-state index contributed by atoms with van der Waals surface area (Å²) >= 11 is 0. The van der Waals surface area contributed by atoms with E-state index in [4.69, 9.17) is 10.5 Å². The van der Waals surface area contributed by atoms with Crippen LogP contribution in [0.5, 0.6) is 5.88 Å². The number of alkyl halides is 2. The largest absolute Gasteiger partial charge is 0.481 e. The molecule has 4 aromatic rings. The lowest BCUT2D eigenvalue weighted by Crippen LogP contribution is -2.31. The molecule has 3 heterocycles. The van der Waals surface area contributed by atoms with Crippen LogP contribution in [0.4, 0.5) is 25.1 Å². The van der Waals surface area contributed by atoms with E-state index in [1.165, 1.54) is 36.5 Å². The van der Waals surface area contributed by atoms with E-state index < -0.39 is 29.3 Å². The number of likely N-dealkylation sites (N-methyl/N-ethyl adjacent to an activating group) is 1. The molecule has 0 amide bonds. The van der Waals surface area contributed by atoms with Crippen LogP contribution in [0.2, 0.25) is 0 Å². The number of carbonyl (C=O) groups is 1. The van der Waals surface area contributed by atoms with Crippen molar-refractivity contribution in [3.05, 3.63) is 71.6 Å². The van der Waals surface area contributed by atoms with E-state index in [0.717, 1.165) is 0 Å². The molecule has 0 aliphatic rings. The molecule has 214 valence electrons. The van der Waals surface area contributed by atoms with Crippen LogP contribution in [0.1, 0.15) is 37.4 Å². The van der Waals surface area contributed by atoms with Gasteiger partial charge >= 0.3 is 5.97 Å². The number of nitrogens with zero attached hydrogens (tertiary/aromatic N) is 6. The topological polar surface area (TPSA) is 140 Å². The molecule has 0 saturated carbocycles.